The van der Waals surface area contributed by atoms with Gasteiger partial charge in [-0.05, 0) is 36.2 Å². The summed E-state index contributed by atoms with van der Waals surface area (Å²) in [6.45, 7) is 3.80. The van der Waals surface area contributed by atoms with Crippen LogP contribution in [-0.4, -0.2) is 13.0 Å². The average molecular weight is 293 g/mol. The summed E-state index contributed by atoms with van der Waals surface area (Å²) >= 11 is 0. The number of nitrogens with zero attached hydrogens (tertiary/aromatic N) is 1. The lowest BCUT2D eigenvalue weighted by molar-refractivity contribution is 0.597. The number of aromatic nitrogens is 1. The molecule has 20 heavy (non-hydrogen) atoms. The molecule has 5 nitrogen and oxygen atoms in total. The molecule has 0 aliphatic heterocycles. The lowest BCUT2D eigenvalue weighted by atomic mass is 10.2. The van der Waals surface area contributed by atoms with E-state index < -0.39 is 10.0 Å². The molecule has 1 aromatic heterocycles. The average Bonchev–Trinajstić information content (AvgIpc) is 2.84. The van der Waals surface area contributed by atoms with E-state index in [0.29, 0.717) is 5.56 Å². The molecule has 0 spiro atoms. The van der Waals surface area contributed by atoms with Gasteiger partial charge in [0.25, 0.3) is 0 Å². The van der Waals surface area contributed by atoms with Crippen LogP contribution in [0.15, 0.2) is 42.7 Å². The van der Waals surface area contributed by atoms with Crippen LogP contribution in [0.4, 0.5) is 5.69 Å². The number of rotatable bonds is 6. The second kappa shape index (κ2) is 6.11. The molecule has 0 amide bonds. The number of anilines is 1. The van der Waals surface area contributed by atoms with E-state index in [1.165, 1.54) is 5.56 Å². The standard InChI is InChI=1S/C14H19N3O2S/c1-2-17-8-7-13(10-17)9-16-14-5-3-12(4-6-14)11-20(15,18)19/h3-8,10,16H,2,9,11H2,1H3,(H2,15,18,19). The Kier molecular flexibility index (Phi) is 4.46. The Hall–Kier alpha value is -1.79. The summed E-state index contributed by atoms with van der Waals surface area (Å²) < 4.78 is 24.1. The summed E-state index contributed by atoms with van der Waals surface area (Å²) in [5.41, 5.74) is 2.85. The molecule has 2 aromatic rings. The minimum Gasteiger partial charge on any atom is -0.381 e. The van der Waals surface area contributed by atoms with Gasteiger partial charge in [0.05, 0.1) is 5.75 Å². The van der Waals surface area contributed by atoms with Crippen molar-refractivity contribution < 1.29 is 8.42 Å². The third-order valence-corrected chi connectivity index (χ3v) is 3.73. The van der Waals surface area contributed by atoms with Crippen LogP contribution in [0, 0.1) is 0 Å². The second-order valence-corrected chi connectivity index (χ2v) is 6.32. The number of nitrogens with two attached hydrogens (primary N) is 1. The predicted octanol–water partition coefficient (Wildman–Crippen LogP) is 1.91. The van der Waals surface area contributed by atoms with E-state index in [1.807, 2.05) is 18.3 Å². The molecular formula is C14H19N3O2S. The first-order valence-corrected chi connectivity index (χ1v) is 8.16. The number of primary sulfonamides is 1. The van der Waals surface area contributed by atoms with E-state index in [0.717, 1.165) is 18.8 Å². The Balaban J connectivity index is 1.93. The van der Waals surface area contributed by atoms with Gasteiger partial charge in [-0.1, -0.05) is 12.1 Å². The van der Waals surface area contributed by atoms with Crippen LogP contribution < -0.4 is 10.5 Å². The molecule has 0 atom stereocenters. The zero-order valence-electron chi connectivity index (χ0n) is 11.4. The maximum absolute atomic E-state index is 11.0. The Morgan fingerprint density at radius 1 is 1.15 bits per heavy atom. The lowest BCUT2D eigenvalue weighted by Crippen LogP contribution is -2.14. The number of aryl methyl sites for hydroxylation is 1. The van der Waals surface area contributed by atoms with Gasteiger partial charge in [-0.15, -0.1) is 0 Å². The fourth-order valence-electron chi connectivity index (χ4n) is 1.95. The molecular weight excluding hydrogens is 274 g/mol. The molecule has 0 radical (unpaired) electrons. The monoisotopic (exact) mass is 293 g/mol. The van der Waals surface area contributed by atoms with Gasteiger partial charge < -0.3 is 9.88 Å². The third-order valence-electron chi connectivity index (χ3n) is 3.00. The van der Waals surface area contributed by atoms with Crippen LogP contribution in [0.3, 0.4) is 0 Å². The van der Waals surface area contributed by atoms with Crippen molar-refractivity contribution in [2.45, 2.75) is 25.8 Å². The molecule has 0 saturated heterocycles. The molecule has 1 aromatic carbocycles. The number of hydrogen-bond donors (Lipinski definition) is 2. The summed E-state index contributed by atoms with van der Waals surface area (Å²) in [7, 11) is -3.47. The molecule has 0 aliphatic carbocycles. The lowest BCUT2D eigenvalue weighted by Gasteiger charge is -2.06. The first kappa shape index (κ1) is 14.6. The maximum Gasteiger partial charge on any atom is 0.213 e. The topological polar surface area (TPSA) is 77.1 Å². The normalized spacial score (nSPS) is 11.5. The minimum absolute atomic E-state index is 0.132. The highest BCUT2D eigenvalue weighted by atomic mass is 32.2. The summed E-state index contributed by atoms with van der Waals surface area (Å²) in [5.74, 6) is -0.132. The van der Waals surface area contributed by atoms with E-state index in [2.05, 4.69) is 29.1 Å². The molecule has 0 saturated carbocycles. The summed E-state index contributed by atoms with van der Waals surface area (Å²) in [5, 5.41) is 8.30. The summed E-state index contributed by atoms with van der Waals surface area (Å²) in [6.07, 6.45) is 4.15. The SMILES string of the molecule is CCn1ccc(CNc2ccc(CS(N)(=O)=O)cc2)c1. The molecule has 0 aliphatic rings. The molecule has 0 unspecified atom stereocenters. The number of nitrogens with one attached hydrogen (secondary N) is 1. The smallest absolute Gasteiger partial charge is 0.213 e. The van der Waals surface area contributed by atoms with E-state index in [4.69, 9.17) is 5.14 Å². The largest absolute Gasteiger partial charge is 0.381 e. The van der Waals surface area contributed by atoms with Gasteiger partial charge in [-0.2, -0.15) is 0 Å². The molecule has 2 rings (SSSR count). The Morgan fingerprint density at radius 3 is 2.40 bits per heavy atom. The fraction of sp³-hybridized carbons (Fsp3) is 0.286. The van der Waals surface area contributed by atoms with E-state index >= 15 is 0 Å². The second-order valence-electron chi connectivity index (χ2n) is 4.71. The number of benzene rings is 1. The summed E-state index contributed by atoms with van der Waals surface area (Å²) in [4.78, 5) is 0. The van der Waals surface area contributed by atoms with Crippen molar-refractivity contribution in [3.8, 4) is 0 Å². The molecule has 1 heterocycles. The van der Waals surface area contributed by atoms with Gasteiger partial charge in [-0.3, -0.25) is 0 Å². The van der Waals surface area contributed by atoms with E-state index in [-0.39, 0.29) is 5.75 Å². The van der Waals surface area contributed by atoms with Crippen molar-refractivity contribution in [2.24, 2.45) is 5.14 Å². The van der Waals surface area contributed by atoms with E-state index in [9.17, 15) is 8.42 Å². The predicted molar refractivity (Wildman–Crippen MR) is 80.7 cm³/mol. The first-order valence-electron chi connectivity index (χ1n) is 6.44. The van der Waals surface area contributed by atoms with Crippen LogP contribution >= 0.6 is 0 Å². The van der Waals surface area contributed by atoms with Crippen LogP contribution in [0.2, 0.25) is 0 Å². The van der Waals surface area contributed by atoms with Crippen LogP contribution in [-0.2, 0) is 28.9 Å². The Morgan fingerprint density at radius 2 is 1.85 bits per heavy atom. The first-order chi connectivity index (χ1) is 9.46. The third kappa shape index (κ3) is 4.40. The van der Waals surface area contributed by atoms with Crippen molar-refractivity contribution in [1.82, 2.24) is 4.57 Å². The van der Waals surface area contributed by atoms with Crippen molar-refractivity contribution in [2.75, 3.05) is 5.32 Å². The van der Waals surface area contributed by atoms with Crippen LogP contribution in [0.25, 0.3) is 0 Å². The Bertz CT molecular complexity index is 660. The van der Waals surface area contributed by atoms with Gasteiger partial charge in [-0.25, -0.2) is 13.6 Å². The van der Waals surface area contributed by atoms with Crippen LogP contribution in [0.1, 0.15) is 18.1 Å². The van der Waals surface area contributed by atoms with Crippen molar-refractivity contribution in [3.05, 3.63) is 53.9 Å². The van der Waals surface area contributed by atoms with Crippen LogP contribution in [0.5, 0.6) is 0 Å². The fourth-order valence-corrected chi connectivity index (χ4v) is 2.60. The van der Waals surface area contributed by atoms with Gasteiger partial charge in [0, 0.05) is 31.2 Å². The summed E-state index contributed by atoms with van der Waals surface area (Å²) in [6, 6.07) is 9.33. The molecule has 0 bridgehead atoms. The van der Waals surface area contributed by atoms with Crippen molar-refractivity contribution in [3.63, 3.8) is 0 Å². The maximum atomic E-state index is 11.0. The highest BCUT2D eigenvalue weighted by Gasteiger charge is 2.04. The quantitative estimate of drug-likeness (QED) is 0.854. The van der Waals surface area contributed by atoms with E-state index in [1.54, 1.807) is 12.1 Å². The number of sulfonamides is 1. The Labute approximate surface area is 119 Å². The van der Waals surface area contributed by atoms with Crippen molar-refractivity contribution in [1.29, 1.82) is 0 Å². The molecule has 108 valence electrons. The molecule has 0 fully saturated rings. The van der Waals surface area contributed by atoms with Gasteiger partial charge >= 0.3 is 0 Å². The van der Waals surface area contributed by atoms with Gasteiger partial charge in [0.2, 0.25) is 10.0 Å². The highest BCUT2D eigenvalue weighted by Crippen LogP contribution is 2.13. The van der Waals surface area contributed by atoms with Gasteiger partial charge in [0.1, 0.15) is 0 Å². The number of hydrogen-bond acceptors (Lipinski definition) is 3. The molecule has 3 N–H and O–H groups in total. The zero-order valence-corrected chi connectivity index (χ0v) is 12.2. The minimum atomic E-state index is -3.47. The van der Waals surface area contributed by atoms with Crippen molar-refractivity contribution >= 4 is 15.7 Å². The zero-order chi connectivity index (χ0) is 14.6. The van der Waals surface area contributed by atoms with Gasteiger partial charge in [0.15, 0.2) is 0 Å². The molecule has 6 heteroatoms. The highest BCUT2D eigenvalue weighted by molar-refractivity contribution is 7.88.